The summed E-state index contributed by atoms with van der Waals surface area (Å²) < 4.78 is 1.16. The van der Waals surface area contributed by atoms with Crippen molar-refractivity contribution in [3.8, 4) is 0 Å². The van der Waals surface area contributed by atoms with Gasteiger partial charge in [0.15, 0.2) is 0 Å². The maximum Gasteiger partial charge on any atom is 0.0731 e. The average molecular weight is 350 g/mol. The number of benzene rings is 1. The molecule has 0 N–H and O–H groups in total. The summed E-state index contributed by atoms with van der Waals surface area (Å²) in [4.78, 5) is 1.19. The van der Waals surface area contributed by atoms with Gasteiger partial charge in [-0.05, 0) is 58.6 Å². The summed E-state index contributed by atoms with van der Waals surface area (Å²) in [5, 5.41) is 0.762. The molecule has 2 aromatic rings. The van der Waals surface area contributed by atoms with Crippen LogP contribution in [0.1, 0.15) is 21.4 Å². The van der Waals surface area contributed by atoms with Crippen LogP contribution in [0, 0.1) is 6.92 Å². The molecule has 1 atom stereocenters. The normalized spacial score (nSPS) is 12.7. The zero-order valence-electron chi connectivity index (χ0n) is 9.21. The summed E-state index contributed by atoms with van der Waals surface area (Å²) in [6.07, 6.45) is 0.800. The van der Waals surface area contributed by atoms with Crippen LogP contribution in [0.15, 0.2) is 34.1 Å². The highest BCUT2D eigenvalue weighted by Gasteiger charge is 2.13. The van der Waals surface area contributed by atoms with Crippen LogP contribution in [0.2, 0.25) is 5.02 Å². The monoisotopic (exact) mass is 348 g/mol. The summed E-state index contributed by atoms with van der Waals surface area (Å²) >= 11 is 17.6. The van der Waals surface area contributed by atoms with Crippen molar-refractivity contribution in [3.63, 3.8) is 0 Å². The maximum atomic E-state index is 6.42. The second kappa shape index (κ2) is 5.75. The highest BCUT2D eigenvalue weighted by molar-refractivity contribution is 9.11. The molecule has 0 aliphatic heterocycles. The lowest BCUT2D eigenvalue weighted by Crippen LogP contribution is -1.93. The first kappa shape index (κ1) is 13.4. The number of alkyl halides is 1. The summed E-state index contributed by atoms with van der Waals surface area (Å²) in [7, 11) is 0. The van der Waals surface area contributed by atoms with Crippen LogP contribution in [0.4, 0.5) is 0 Å². The van der Waals surface area contributed by atoms with Crippen LogP contribution in [0.25, 0.3) is 0 Å². The quantitative estimate of drug-likeness (QED) is 0.596. The van der Waals surface area contributed by atoms with Gasteiger partial charge < -0.3 is 0 Å². The number of rotatable bonds is 3. The fourth-order valence-corrected chi connectivity index (χ4v) is 3.75. The number of thiophene rings is 1. The lowest BCUT2D eigenvalue weighted by molar-refractivity contribution is 0.939. The molecule has 0 saturated heterocycles. The second-order valence-corrected chi connectivity index (χ2v) is 7.27. The van der Waals surface area contributed by atoms with Crippen molar-refractivity contribution in [2.75, 3.05) is 0 Å². The summed E-state index contributed by atoms with van der Waals surface area (Å²) in [6.45, 7) is 2.08. The van der Waals surface area contributed by atoms with Gasteiger partial charge in [-0.3, -0.25) is 0 Å². The Labute approximate surface area is 124 Å². The minimum atomic E-state index is 0.00321. The highest BCUT2D eigenvalue weighted by Crippen LogP contribution is 2.36. The van der Waals surface area contributed by atoms with Crippen molar-refractivity contribution in [2.45, 2.75) is 18.7 Å². The van der Waals surface area contributed by atoms with E-state index < -0.39 is 0 Å². The van der Waals surface area contributed by atoms with Gasteiger partial charge in [-0.25, -0.2) is 0 Å². The van der Waals surface area contributed by atoms with E-state index in [0.717, 1.165) is 15.2 Å². The molecule has 1 aromatic carbocycles. The SMILES string of the molecule is Cc1cc(C(Cl)Cc2cccc(Cl)c2)sc1Br. The number of aryl methyl sites for hydroxylation is 1. The van der Waals surface area contributed by atoms with Crippen molar-refractivity contribution in [2.24, 2.45) is 0 Å². The molecular formula is C13H11BrCl2S. The largest absolute Gasteiger partial charge is 0.131 e. The molecule has 0 aliphatic carbocycles. The second-order valence-electron chi connectivity index (χ2n) is 3.91. The van der Waals surface area contributed by atoms with Crippen LogP contribution in [0.5, 0.6) is 0 Å². The van der Waals surface area contributed by atoms with Crippen molar-refractivity contribution < 1.29 is 0 Å². The Bertz CT molecular complexity index is 502. The van der Waals surface area contributed by atoms with E-state index in [1.807, 2.05) is 18.2 Å². The molecule has 17 heavy (non-hydrogen) atoms. The Kier molecular flexibility index (Phi) is 4.53. The predicted octanol–water partition coefficient (Wildman–Crippen LogP) is 6.00. The molecule has 0 spiro atoms. The van der Waals surface area contributed by atoms with Crippen molar-refractivity contribution in [3.05, 3.63) is 55.1 Å². The molecular weight excluding hydrogens is 339 g/mol. The van der Waals surface area contributed by atoms with Crippen molar-refractivity contribution in [1.82, 2.24) is 0 Å². The summed E-state index contributed by atoms with van der Waals surface area (Å²) in [5.41, 5.74) is 2.40. The van der Waals surface area contributed by atoms with E-state index >= 15 is 0 Å². The van der Waals surface area contributed by atoms with Crippen LogP contribution in [-0.4, -0.2) is 0 Å². The average Bonchev–Trinajstić information content (AvgIpc) is 2.59. The van der Waals surface area contributed by atoms with Gasteiger partial charge in [0.05, 0.1) is 9.16 Å². The van der Waals surface area contributed by atoms with Gasteiger partial charge >= 0.3 is 0 Å². The van der Waals surface area contributed by atoms with E-state index in [0.29, 0.717) is 0 Å². The molecule has 0 saturated carbocycles. The fraction of sp³-hybridized carbons (Fsp3) is 0.231. The minimum Gasteiger partial charge on any atom is -0.131 e. The van der Waals surface area contributed by atoms with Gasteiger partial charge in [-0.15, -0.1) is 22.9 Å². The molecule has 0 fully saturated rings. The molecule has 90 valence electrons. The Balaban J connectivity index is 2.14. The molecule has 0 amide bonds. The molecule has 0 aliphatic rings. The van der Waals surface area contributed by atoms with Gasteiger partial charge in [-0.2, -0.15) is 0 Å². The van der Waals surface area contributed by atoms with E-state index in [9.17, 15) is 0 Å². The Hall–Kier alpha value is -0.0200. The van der Waals surface area contributed by atoms with Gasteiger partial charge in [-0.1, -0.05) is 23.7 Å². The minimum absolute atomic E-state index is 0.00321. The first-order valence-electron chi connectivity index (χ1n) is 5.20. The first-order valence-corrected chi connectivity index (χ1v) is 7.63. The summed E-state index contributed by atoms with van der Waals surface area (Å²) in [5.74, 6) is 0. The highest BCUT2D eigenvalue weighted by atomic mass is 79.9. The molecule has 0 radical (unpaired) electrons. The standard InChI is InChI=1S/C13H11BrCl2S/c1-8-5-12(17-13(8)14)11(16)7-9-3-2-4-10(15)6-9/h2-6,11H,7H2,1H3. The smallest absolute Gasteiger partial charge is 0.0731 e. The van der Waals surface area contributed by atoms with Crippen LogP contribution in [-0.2, 0) is 6.42 Å². The van der Waals surface area contributed by atoms with E-state index in [1.165, 1.54) is 16.0 Å². The molecule has 1 unspecified atom stereocenters. The van der Waals surface area contributed by atoms with Crippen LogP contribution >= 0.6 is 50.5 Å². The molecule has 0 nitrogen and oxygen atoms in total. The van der Waals surface area contributed by atoms with Crippen molar-refractivity contribution in [1.29, 1.82) is 0 Å². The van der Waals surface area contributed by atoms with E-state index in [1.54, 1.807) is 11.3 Å². The lowest BCUT2D eigenvalue weighted by Gasteiger charge is -2.07. The zero-order valence-corrected chi connectivity index (χ0v) is 13.1. The third-order valence-electron chi connectivity index (χ3n) is 2.49. The molecule has 4 heteroatoms. The van der Waals surface area contributed by atoms with Crippen molar-refractivity contribution >= 4 is 50.5 Å². The Morgan fingerprint density at radius 3 is 2.71 bits per heavy atom. The Morgan fingerprint density at radius 1 is 1.35 bits per heavy atom. The number of halogens is 3. The summed E-state index contributed by atoms with van der Waals surface area (Å²) in [6, 6.07) is 9.98. The van der Waals surface area contributed by atoms with Crippen LogP contribution < -0.4 is 0 Å². The van der Waals surface area contributed by atoms with Gasteiger partial charge in [0.2, 0.25) is 0 Å². The Morgan fingerprint density at radius 2 is 2.12 bits per heavy atom. The lowest BCUT2D eigenvalue weighted by atomic mass is 10.1. The van der Waals surface area contributed by atoms with E-state index in [2.05, 4.69) is 35.0 Å². The molecule has 1 heterocycles. The third-order valence-corrected chi connectivity index (χ3v) is 5.49. The van der Waals surface area contributed by atoms with E-state index in [4.69, 9.17) is 23.2 Å². The first-order chi connectivity index (χ1) is 8.06. The van der Waals surface area contributed by atoms with Gasteiger partial charge in [0.25, 0.3) is 0 Å². The third kappa shape index (κ3) is 3.47. The number of hydrogen-bond donors (Lipinski definition) is 0. The van der Waals surface area contributed by atoms with E-state index in [-0.39, 0.29) is 5.38 Å². The number of hydrogen-bond acceptors (Lipinski definition) is 1. The zero-order chi connectivity index (χ0) is 12.4. The molecule has 0 bridgehead atoms. The topological polar surface area (TPSA) is 0 Å². The molecule has 2 rings (SSSR count). The predicted molar refractivity (Wildman–Crippen MR) is 80.5 cm³/mol. The molecule has 1 aromatic heterocycles. The van der Waals surface area contributed by atoms with Crippen LogP contribution in [0.3, 0.4) is 0 Å². The van der Waals surface area contributed by atoms with Gasteiger partial charge in [0.1, 0.15) is 0 Å². The fourth-order valence-electron chi connectivity index (χ4n) is 1.61. The van der Waals surface area contributed by atoms with Gasteiger partial charge in [0, 0.05) is 9.90 Å². The maximum absolute atomic E-state index is 6.42.